The van der Waals surface area contributed by atoms with Crippen molar-refractivity contribution in [2.75, 3.05) is 13.7 Å². The fraction of sp³-hybridized carbons (Fsp3) is 0.231. The first-order valence-corrected chi connectivity index (χ1v) is 10.7. The predicted octanol–water partition coefficient (Wildman–Crippen LogP) is 4.89. The highest BCUT2D eigenvalue weighted by molar-refractivity contribution is 5.97. The topological polar surface area (TPSA) is 83.1 Å². The van der Waals surface area contributed by atoms with Crippen LogP contribution in [0.3, 0.4) is 0 Å². The van der Waals surface area contributed by atoms with Crippen molar-refractivity contribution in [2.45, 2.75) is 26.5 Å². The molecule has 3 rings (SSSR count). The maximum Gasteiger partial charge on any atom is 0.347 e. The molecule has 8 heteroatoms. The van der Waals surface area contributed by atoms with Crippen molar-refractivity contribution in [3.8, 4) is 23.0 Å². The number of carbonyl (C=O) groups excluding carboxylic acids is 2. The molecule has 0 saturated carbocycles. The van der Waals surface area contributed by atoms with Gasteiger partial charge in [0.2, 0.25) is 0 Å². The average Bonchev–Trinajstić information content (AvgIpc) is 2.85. The van der Waals surface area contributed by atoms with Gasteiger partial charge in [-0.05, 0) is 61.9 Å². The Morgan fingerprint density at radius 3 is 2.35 bits per heavy atom. The first-order chi connectivity index (χ1) is 16.4. The summed E-state index contributed by atoms with van der Waals surface area (Å²) in [5.74, 6) is -0.0129. The van der Waals surface area contributed by atoms with Gasteiger partial charge < -0.3 is 24.3 Å². The lowest BCUT2D eigenvalue weighted by Crippen LogP contribution is -2.26. The maximum atomic E-state index is 13.7. The Morgan fingerprint density at radius 1 is 0.971 bits per heavy atom. The van der Waals surface area contributed by atoms with E-state index in [4.69, 9.17) is 18.9 Å². The summed E-state index contributed by atoms with van der Waals surface area (Å²) in [6.07, 6.45) is -0.825. The zero-order chi connectivity index (χ0) is 24.5. The highest BCUT2D eigenvalue weighted by atomic mass is 19.1. The van der Waals surface area contributed by atoms with Crippen LogP contribution in [0.5, 0.6) is 23.0 Å². The summed E-state index contributed by atoms with van der Waals surface area (Å²) in [4.78, 5) is 24.6. The van der Waals surface area contributed by atoms with Crippen molar-refractivity contribution in [3.05, 3.63) is 83.7 Å². The van der Waals surface area contributed by atoms with E-state index in [0.717, 1.165) is 5.56 Å². The van der Waals surface area contributed by atoms with Gasteiger partial charge in [-0.15, -0.1) is 0 Å². The second kappa shape index (κ2) is 11.7. The molecule has 0 aliphatic heterocycles. The van der Waals surface area contributed by atoms with Crippen molar-refractivity contribution >= 4 is 11.9 Å². The average molecular weight is 467 g/mol. The van der Waals surface area contributed by atoms with Crippen LogP contribution in [0.25, 0.3) is 0 Å². The number of hydrogen-bond acceptors (Lipinski definition) is 6. The van der Waals surface area contributed by atoms with Crippen molar-refractivity contribution in [3.63, 3.8) is 0 Å². The Balaban J connectivity index is 1.63. The molecule has 0 spiro atoms. The molecule has 0 heterocycles. The van der Waals surface area contributed by atoms with Gasteiger partial charge in [-0.2, -0.15) is 0 Å². The molecule has 1 atom stereocenters. The molecule has 178 valence electrons. The van der Waals surface area contributed by atoms with E-state index in [2.05, 4.69) is 5.32 Å². The molecule has 0 fully saturated rings. The van der Waals surface area contributed by atoms with Gasteiger partial charge >= 0.3 is 5.97 Å². The molecule has 1 amide bonds. The number of rotatable bonds is 10. The van der Waals surface area contributed by atoms with Crippen LogP contribution in [0, 0.1) is 5.82 Å². The van der Waals surface area contributed by atoms with Crippen LogP contribution >= 0.6 is 0 Å². The molecule has 0 aliphatic rings. The van der Waals surface area contributed by atoms with Crippen molar-refractivity contribution in [2.24, 2.45) is 0 Å². The molecule has 0 bridgehead atoms. The van der Waals surface area contributed by atoms with E-state index < -0.39 is 17.9 Å². The third-order valence-corrected chi connectivity index (χ3v) is 4.79. The van der Waals surface area contributed by atoms with Crippen LogP contribution in [-0.2, 0) is 16.1 Å². The van der Waals surface area contributed by atoms with E-state index >= 15 is 0 Å². The van der Waals surface area contributed by atoms with Crippen molar-refractivity contribution < 1.29 is 32.9 Å². The SMILES string of the molecule is CCOC(=O)C(C)Oc1ccc(OC)c(C(=O)NCc2ccc(Oc3ccccc3F)cc2)c1. The van der Waals surface area contributed by atoms with Crippen molar-refractivity contribution in [1.29, 1.82) is 0 Å². The molecule has 34 heavy (non-hydrogen) atoms. The number of esters is 1. The molecule has 0 aliphatic carbocycles. The number of para-hydroxylation sites is 1. The van der Waals surface area contributed by atoms with Crippen LogP contribution in [0.2, 0.25) is 0 Å². The van der Waals surface area contributed by atoms with E-state index in [0.29, 0.717) is 17.2 Å². The first-order valence-electron chi connectivity index (χ1n) is 10.7. The number of nitrogens with one attached hydrogen (secondary N) is 1. The molecule has 3 aromatic rings. The molecular weight excluding hydrogens is 441 g/mol. The highest BCUT2D eigenvalue weighted by Gasteiger charge is 2.18. The quantitative estimate of drug-likeness (QED) is 0.428. The van der Waals surface area contributed by atoms with Gasteiger partial charge in [0, 0.05) is 6.54 Å². The number of amides is 1. The third-order valence-electron chi connectivity index (χ3n) is 4.79. The summed E-state index contributed by atoms with van der Waals surface area (Å²) in [6.45, 7) is 3.77. The van der Waals surface area contributed by atoms with Crippen LogP contribution in [0.4, 0.5) is 4.39 Å². The molecule has 0 radical (unpaired) electrons. The first kappa shape index (κ1) is 24.6. The highest BCUT2D eigenvalue weighted by Crippen LogP contribution is 2.26. The monoisotopic (exact) mass is 467 g/mol. The molecule has 1 unspecified atom stereocenters. The van der Waals surface area contributed by atoms with Gasteiger partial charge in [0.05, 0.1) is 19.3 Å². The smallest absolute Gasteiger partial charge is 0.347 e. The zero-order valence-corrected chi connectivity index (χ0v) is 19.2. The summed E-state index contributed by atoms with van der Waals surface area (Å²) >= 11 is 0. The molecule has 0 saturated heterocycles. The van der Waals surface area contributed by atoms with Crippen molar-refractivity contribution in [1.82, 2.24) is 5.32 Å². The Hall–Kier alpha value is -4.07. The normalized spacial score (nSPS) is 11.3. The van der Waals surface area contributed by atoms with E-state index in [1.54, 1.807) is 68.4 Å². The molecule has 1 N–H and O–H groups in total. The Morgan fingerprint density at radius 2 is 1.68 bits per heavy atom. The standard InChI is InChI=1S/C26H26FNO6/c1-4-32-26(30)17(2)33-20-13-14-23(31-3)21(15-20)25(29)28-16-18-9-11-19(12-10-18)34-24-8-6-5-7-22(24)27/h5-15,17H,4,16H2,1-3H3,(H,28,29). The van der Waals surface area contributed by atoms with E-state index in [-0.39, 0.29) is 30.4 Å². The number of benzene rings is 3. The van der Waals surface area contributed by atoms with E-state index in [1.165, 1.54) is 19.2 Å². The van der Waals surface area contributed by atoms with E-state index in [9.17, 15) is 14.0 Å². The van der Waals surface area contributed by atoms with Gasteiger partial charge in [0.25, 0.3) is 5.91 Å². The lowest BCUT2D eigenvalue weighted by Gasteiger charge is -2.15. The number of halogens is 1. The van der Waals surface area contributed by atoms with Crippen LogP contribution in [-0.4, -0.2) is 31.7 Å². The minimum Gasteiger partial charge on any atom is -0.496 e. The Kier molecular flexibility index (Phi) is 8.45. The summed E-state index contributed by atoms with van der Waals surface area (Å²) < 4.78 is 35.1. The van der Waals surface area contributed by atoms with E-state index in [1.807, 2.05) is 0 Å². The predicted molar refractivity (Wildman–Crippen MR) is 124 cm³/mol. The zero-order valence-electron chi connectivity index (χ0n) is 19.2. The number of ether oxygens (including phenoxy) is 4. The molecular formula is C26H26FNO6. The number of carbonyl (C=O) groups is 2. The van der Waals surface area contributed by atoms with Crippen LogP contribution < -0.4 is 19.5 Å². The van der Waals surface area contributed by atoms with Crippen LogP contribution in [0.1, 0.15) is 29.8 Å². The number of methoxy groups -OCH3 is 1. The Labute approximate surface area is 197 Å². The van der Waals surface area contributed by atoms with Gasteiger partial charge in [-0.1, -0.05) is 24.3 Å². The summed E-state index contributed by atoms with van der Waals surface area (Å²) in [6, 6.07) is 17.8. The second-order valence-electron chi connectivity index (χ2n) is 7.23. The maximum absolute atomic E-state index is 13.7. The lowest BCUT2D eigenvalue weighted by molar-refractivity contribution is -0.150. The fourth-order valence-electron chi connectivity index (χ4n) is 3.06. The molecule has 7 nitrogen and oxygen atoms in total. The summed E-state index contributed by atoms with van der Waals surface area (Å²) in [5.41, 5.74) is 1.08. The fourth-order valence-corrected chi connectivity index (χ4v) is 3.06. The molecule has 3 aromatic carbocycles. The Bertz CT molecular complexity index is 1130. The van der Waals surface area contributed by atoms with Gasteiger partial charge in [-0.3, -0.25) is 4.79 Å². The summed E-state index contributed by atoms with van der Waals surface area (Å²) in [5, 5.41) is 2.82. The van der Waals surface area contributed by atoms with Gasteiger partial charge in [0.1, 0.15) is 17.2 Å². The second-order valence-corrected chi connectivity index (χ2v) is 7.23. The third kappa shape index (κ3) is 6.48. The van der Waals surface area contributed by atoms with Gasteiger partial charge in [-0.25, -0.2) is 9.18 Å². The molecule has 0 aromatic heterocycles. The summed E-state index contributed by atoms with van der Waals surface area (Å²) in [7, 11) is 1.46. The minimum atomic E-state index is -0.825. The largest absolute Gasteiger partial charge is 0.496 e. The minimum absolute atomic E-state index is 0.134. The van der Waals surface area contributed by atoms with Gasteiger partial charge in [0.15, 0.2) is 17.7 Å². The van der Waals surface area contributed by atoms with Crippen LogP contribution in [0.15, 0.2) is 66.7 Å². The number of hydrogen-bond donors (Lipinski definition) is 1. The lowest BCUT2D eigenvalue weighted by atomic mass is 10.1.